The lowest BCUT2D eigenvalue weighted by Gasteiger charge is -2.48. The van der Waals surface area contributed by atoms with E-state index in [4.69, 9.17) is 4.42 Å². The molecule has 77 heavy (non-hydrogen) atoms. The molecule has 0 unspecified atom stereocenters. The van der Waals surface area contributed by atoms with Crippen molar-refractivity contribution in [1.29, 1.82) is 0 Å². The number of rotatable bonds is 3. The average molecular weight is 1030 g/mol. The van der Waals surface area contributed by atoms with Gasteiger partial charge in [0.1, 0.15) is 11.2 Å². The van der Waals surface area contributed by atoms with Crippen LogP contribution in [-0.2, 0) is 37.9 Å². The zero-order chi connectivity index (χ0) is 53.9. The fourth-order valence-corrected chi connectivity index (χ4v) is 16.4. The first-order valence-electron chi connectivity index (χ1n) is 29.0. The molecule has 0 saturated carbocycles. The van der Waals surface area contributed by atoms with Crippen LogP contribution < -0.4 is 25.5 Å². The van der Waals surface area contributed by atoms with Gasteiger partial charge in [-0.1, -0.05) is 158 Å². The summed E-state index contributed by atoms with van der Waals surface area (Å²) >= 11 is 2.06. The van der Waals surface area contributed by atoms with Crippen LogP contribution in [0.4, 0.5) is 34.1 Å². The van der Waals surface area contributed by atoms with Crippen LogP contribution in [0.15, 0.2) is 126 Å². The summed E-state index contributed by atoms with van der Waals surface area (Å²) in [6.07, 6.45) is 6.99. The normalized spacial score (nSPS) is 19.9. The second-order valence-corrected chi connectivity index (χ2v) is 30.4. The van der Waals surface area contributed by atoms with Gasteiger partial charge in [0.2, 0.25) is 0 Å². The number of furan rings is 1. The van der Waals surface area contributed by atoms with E-state index in [1.54, 1.807) is 0 Å². The first-order valence-corrected chi connectivity index (χ1v) is 29.8. The molecule has 0 radical (unpaired) electrons. The molecule has 7 aromatic carbocycles. The Bertz CT molecular complexity index is 4000. The van der Waals surface area contributed by atoms with Crippen molar-refractivity contribution in [2.24, 2.45) is 0 Å². The maximum Gasteiger partial charge on any atom is 0.264 e. The van der Waals surface area contributed by atoms with Gasteiger partial charge in [0, 0.05) is 60.0 Å². The molecule has 9 aromatic rings. The number of fused-ring (bicyclic) bond motifs is 12. The lowest BCUT2D eigenvalue weighted by Crippen LogP contribution is -2.61. The second-order valence-electron chi connectivity index (χ2n) is 29.3. The second kappa shape index (κ2) is 15.8. The van der Waals surface area contributed by atoms with Crippen molar-refractivity contribution in [2.45, 2.75) is 180 Å². The molecule has 0 spiro atoms. The summed E-state index contributed by atoms with van der Waals surface area (Å²) < 4.78 is 9.64. The van der Waals surface area contributed by atoms with Gasteiger partial charge in [-0.05, 0) is 193 Å². The molecule has 390 valence electrons. The molecule has 0 N–H and O–H groups in total. The monoisotopic (exact) mass is 1030 g/mol. The van der Waals surface area contributed by atoms with Gasteiger partial charge in [-0.25, -0.2) is 0 Å². The standard InChI is InChI=1S/C72H77BN2OS/c1-66(2,3)43-33-58-63-59(34-43)75(56-39-52-49(67(4,5)27-30-70(52,10)11)36-47(56)42-21-17-16-18-22-42)57-40-53-51(69(8,9)29-31-71(53,12)13)38-55(57)73(63)65-64(48-37-50-54(41-62(48)77-65)72(14,15)32-28-68(50,6)7)74(58)44-25-26-46-45-23-19-20-24-60(45)76-61(46)35-44/h16-26,33-41H,27-32H2,1-15H3. The highest BCUT2D eigenvalue weighted by molar-refractivity contribution is 7.33. The van der Waals surface area contributed by atoms with Crippen molar-refractivity contribution in [3.05, 3.63) is 160 Å². The quantitative estimate of drug-likeness (QED) is 0.164. The van der Waals surface area contributed by atoms with Gasteiger partial charge < -0.3 is 14.2 Å². The molecule has 0 saturated heterocycles. The number of thiophene rings is 1. The Morgan fingerprint density at radius 1 is 0.455 bits per heavy atom. The summed E-state index contributed by atoms with van der Waals surface area (Å²) in [6, 6.07) is 48.2. The lowest BCUT2D eigenvalue weighted by molar-refractivity contribution is 0.332. The van der Waals surface area contributed by atoms with Crippen LogP contribution in [0.25, 0.3) is 43.2 Å². The predicted octanol–water partition coefficient (Wildman–Crippen LogP) is 18.9. The van der Waals surface area contributed by atoms with Gasteiger partial charge in [0.15, 0.2) is 0 Å². The van der Waals surface area contributed by atoms with Gasteiger partial charge in [-0.15, -0.1) is 11.3 Å². The van der Waals surface area contributed by atoms with Crippen LogP contribution >= 0.6 is 11.3 Å². The molecule has 5 aliphatic rings. The van der Waals surface area contributed by atoms with Crippen molar-refractivity contribution in [3.8, 4) is 11.1 Å². The van der Waals surface area contributed by atoms with Crippen molar-refractivity contribution < 1.29 is 4.42 Å². The van der Waals surface area contributed by atoms with Crippen LogP contribution in [0.3, 0.4) is 0 Å². The largest absolute Gasteiger partial charge is 0.456 e. The van der Waals surface area contributed by atoms with E-state index < -0.39 is 0 Å². The summed E-state index contributed by atoms with van der Waals surface area (Å²) in [5, 5.41) is 3.67. The van der Waals surface area contributed by atoms with E-state index in [-0.39, 0.29) is 44.6 Å². The minimum Gasteiger partial charge on any atom is -0.456 e. The minimum absolute atomic E-state index is 0.00351. The van der Waals surface area contributed by atoms with E-state index in [9.17, 15) is 0 Å². The summed E-state index contributed by atoms with van der Waals surface area (Å²) in [5.74, 6) is 0. The summed E-state index contributed by atoms with van der Waals surface area (Å²) in [5.41, 5.74) is 25.2. The predicted molar refractivity (Wildman–Crippen MR) is 333 cm³/mol. The average Bonchev–Trinajstić information content (AvgIpc) is 3.99. The van der Waals surface area contributed by atoms with Crippen LogP contribution in [0.2, 0.25) is 0 Å². The number of hydrogen-bond donors (Lipinski definition) is 0. The Kier molecular flexibility index (Phi) is 10.1. The molecular weight excluding hydrogens is 952 g/mol. The Morgan fingerprint density at radius 3 is 1.57 bits per heavy atom. The van der Waals surface area contributed by atoms with E-state index in [1.165, 1.54) is 117 Å². The number of para-hydroxylation sites is 1. The van der Waals surface area contributed by atoms with Gasteiger partial charge in [0.05, 0.1) is 11.4 Å². The molecule has 2 aliphatic heterocycles. The van der Waals surface area contributed by atoms with Crippen molar-refractivity contribution >= 4 is 99.9 Å². The Hall–Kier alpha value is -6.04. The van der Waals surface area contributed by atoms with E-state index in [1.807, 2.05) is 0 Å². The zero-order valence-electron chi connectivity index (χ0n) is 48.6. The SMILES string of the molecule is CC(C)(C)c1cc2c3c(c1)N(c1ccc4c(c1)oc1ccccc14)c1c(sc4cc5c(cc14)C(C)(C)CCC5(C)C)B3c1cc3c(cc1N2c1cc2c(cc1-c1ccccc1)C(C)(C)CCC2(C)C)C(C)(C)CCC3(C)C. The van der Waals surface area contributed by atoms with Crippen molar-refractivity contribution in [1.82, 2.24) is 0 Å². The fraction of sp³-hybridized carbons (Fsp3) is 0.389. The molecule has 5 heteroatoms. The molecule has 4 heterocycles. The van der Waals surface area contributed by atoms with E-state index in [2.05, 4.69) is 246 Å². The zero-order valence-corrected chi connectivity index (χ0v) is 49.4. The van der Waals surface area contributed by atoms with Gasteiger partial charge in [-0.3, -0.25) is 0 Å². The maximum absolute atomic E-state index is 6.82. The molecule has 3 aliphatic carbocycles. The van der Waals surface area contributed by atoms with Gasteiger partial charge >= 0.3 is 0 Å². The highest BCUT2D eigenvalue weighted by Gasteiger charge is 2.50. The van der Waals surface area contributed by atoms with Crippen LogP contribution in [0.1, 0.15) is 181 Å². The number of anilines is 6. The molecular formula is C72H77BN2OS. The molecule has 0 amide bonds. The van der Waals surface area contributed by atoms with Crippen molar-refractivity contribution in [2.75, 3.05) is 9.80 Å². The minimum atomic E-state index is -0.168. The molecule has 0 atom stereocenters. The lowest BCUT2D eigenvalue weighted by atomic mass is 9.35. The molecule has 14 rings (SSSR count). The highest BCUT2D eigenvalue weighted by atomic mass is 32.1. The fourth-order valence-electron chi connectivity index (χ4n) is 15.1. The Balaban J connectivity index is 1.16. The molecule has 2 aromatic heterocycles. The van der Waals surface area contributed by atoms with Crippen molar-refractivity contribution in [3.63, 3.8) is 0 Å². The third-order valence-electron chi connectivity index (χ3n) is 20.4. The van der Waals surface area contributed by atoms with E-state index in [0.29, 0.717) is 0 Å². The third-order valence-corrected chi connectivity index (χ3v) is 21.6. The Morgan fingerprint density at radius 2 is 0.961 bits per heavy atom. The first-order chi connectivity index (χ1) is 36.2. The van der Waals surface area contributed by atoms with Gasteiger partial charge in [-0.2, -0.15) is 0 Å². The van der Waals surface area contributed by atoms with E-state index >= 15 is 0 Å². The van der Waals surface area contributed by atoms with Gasteiger partial charge in [0.25, 0.3) is 6.71 Å². The topological polar surface area (TPSA) is 19.6 Å². The molecule has 0 bridgehead atoms. The Labute approximate surface area is 463 Å². The smallest absolute Gasteiger partial charge is 0.264 e. The number of nitrogens with zero attached hydrogens (tertiary/aromatic N) is 2. The van der Waals surface area contributed by atoms with Crippen LogP contribution in [-0.4, -0.2) is 6.71 Å². The van der Waals surface area contributed by atoms with Crippen LogP contribution in [0.5, 0.6) is 0 Å². The summed E-state index contributed by atoms with van der Waals surface area (Å²) in [6.45, 7) is 37.2. The number of hydrogen-bond acceptors (Lipinski definition) is 4. The van der Waals surface area contributed by atoms with Crippen LogP contribution in [0, 0.1) is 0 Å². The molecule has 0 fully saturated rings. The summed E-state index contributed by atoms with van der Waals surface area (Å²) in [4.78, 5) is 5.49. The first kappa shape index (κ1) is 49.3. The van der Waals surface area contributed by atoms with E-state index in [0.717, 1.165) is 53.3 Å². The number of benzene rings is 7. The highest BCUT2D eigenvalue weighted by Crippen LogP contribution is 2.57. The molecule has 3 nitrogen and oxygen atoms in total. The summed E-state index contributed by atoms with van der Waals surface area (Å²) in [7, 11) is 0. The third kappa shape index (κ3) is 7.13. The maximum atomic E-state index is 6.82.